The number of fused-ring (bicyclic) bond motifs is 3. The molecule has 2 bridgehead atoms. The van der Waals surface area contributed by atoms with Crippen LogP contribution in [-0.2, 0) is 6.42 Å². The van der Waals surface area contributed by atoms with Crippen molar-refractivity contribution in [2.45, 2.75) is 31.7 Å². The lowest BCUT2D eigenvalue weighted by molar-refractivity contribution is -0.944. The minimum atomic E-state index is -0.321. The predicted octanol–water partition coefficient (Wildman–Crippen LogP) is 2.27. The number of aryl methyl sites for hydroxylation is 1. The summed E-state index contributed by atoms with van der Waals surface area (Å²) < 4.78 is 1.08. The molecular weight excluding hydrogens is 388 g/mol. The van der Waals surface area contributed by atoms with Crippen LogP contribution in [0, 0.1) is 5.92 Å². The minimum Gasteiger partial charge on any atom is -0.382 e. The van der Waals surface area contributed by atoms with Crippen molar-refractivity contribution < 1.29 is 9.28 Å². The highest BCUT2D eigenvalue weighted by atomic mass is 35.5. The molecule has 8 heteroatoms. The van der Waals surface area contributed by atoms with Crippen molar-refractivity contribution >= 4 is 29.1 Å². The van der Waals surface area contributed by atoms with E-state index >= 15 is 0 Å². The first-order chi connectivity index (χ1) is 14.0. The summed E-state index contributed by atoms with van der Waals surface area (Å²) in [7, 11) is 0. The van der Waals surface area contributed by atoms with Crippen LogP contribution in [0.3, 0.4) is 0 Å². The quantitative estimate of drug-likeness (QED) is 0.627. The van der Waals surface area contributed by atoms with Crippen molar-refractivity contribution in [2.24, 2.45) is 5.92 Å². The lowest BCUT2D eigenvalue weighted by atomic mass is 9.81. The van der Waals surface area contributed by atoms with Crippen molar-refractivity contribution in [3.8, 4) is 0 Å². The number of piperidine rings is 3. The standard InChI is InChI=1S/C21H27ClN6O/c22-18-20(24)27-19(23)17(26-18)21(29)25-16-13-28(11-8-15(16)9-12-28)10-4-7-14-5-2-1-3-6-14/h1-3,5-6,15-16H,4,7-13H2,(H4-,23,24,25,27,29)/p+1. The lowest BCUT2D eigenvalue weighted by Crippen LogP contribution is -2.67. The third-order valence-corrected chi connectivity index (χ3v) is 6.76. The zero-order chi connectivity index (χ0) is 20.4. The molecule has 0 radical (unpaired) electrons. The number of benzene rings is 1. The average molecular weight is 416 g/mol. The van der Waals surface area contributed by atoms with E-state index in [9.17, 15) is 4.79 Å². The summed E-state index contributed by atoms with van der Waals surface area (Å²) >= 11 is 5.93. The number of nitrogens with two attached hydrogens (primary N) is 2. The fourth-order valence-electron chi connectivity index (χ4n) is 4.87. The summed E-state index contributed by atoms with van der Waals surface area (Å²) in [4.78, 5) is 20.7. The molecule has 1 atom stereocenters. The molecule has 5 rings (SSSR count). The van der Waals surface area contributed by atoms with Gasteiger partial charge in [-0.15, -0.1) is 0 Å². The number of carbonyl (C=O) groups excluding carboxylic acids is 1. The number of nitrogens with zero attached hydrogens (tertiary/aromatic N) is 3. The van der Waals surface area contributed by atoms with Crippen LogP contribution >= 0.6 is 11.6 Å². The zero-order valence-electron chi connectivity index (χ0n) is 16.5. The first-order valence-corrected chi connectivity index (χ1v) is 10.6. The number of rotatable bonds is 6. The van der Waals surface area contributed by atoms with Gasteiger partial charge in [-0.3, -0.25) is 4.79 Å². The smallest absolute Gasteiger partial charge is 0.274 e. The number of hydrogen-bond acceptors (Lipinski definition) is 5. The number of aromatic nitrogens is 2. The molecule has 1 amide bonds. The van der Waals surface area contributed by atoms with Gasteiger partial charge in [0, 0.05) is 19.3 Å². The maximum atomic E-state index is 12.8. The Labute approximate surface area is 176 Å². The molecule has 29 heavy (non-hydrogen) atoms. The molecule has 3 aliphatic rings. The van der Waals surface area contributed by atoms with E-state index in [0.29, 0.717) is 5.92 Å². The van der Waals surface area contributed by atoms with E-state index in [0.717, 1.165) is 43.3 Å². The molecule has 5 N–H and O–H groups in total. The molecule has 3 saturated heterocycles. The van der Waals surface area contributed by atoms with Gasteiger partial charge < -0.3 is 21.3 Å². The van der Waals surface area contributed by atoms with Gasteiger partial charge in [0.2, 0.25) is 0 Å². The maximum absolute atomic E-state index is 12.8. The normalized spacial score (nSPS) is 25.7. The zero-order valence-corrected chi connectivity index (χ0v) is 17.2. The van der Waals surface area contributed by atoms with E-state index in [1.54, 1.807) is 0 Å². The third kappa shape index (κ3) is 4.31. The molecule has 154 valence electrons. The Morgan fingerprint density at radius 2 is 1.86 bits per heavy atom. The highest BCUT2D eigenvalue weighted by molar-refractivity contribution is 6.31. The van der Waals surface area contributed by atoms with Crippen LogP contribution in [0.5, 0.6) is 0 Å². The number of hydrogen-bond donors (Lipinski definition) is 3. The summed E-state index contributed by atoms with van der Waals surface area (Å²) in [5.41, 5.74) is 12.9. The Morgan fingerprint density at radius 3 is 2.59 bits per heavy atom. The summed E-state index contributed by atoms with van der Waals surface area (Å²) in [6, 6.07) is 10.7. The van der Waals surface area contributed by atoms with Gasteiger partial charge >= 0.3 is 0 Å². The summed E-state index contributed by atoms with van der Waals surface area (Å²) in [6.07, 6.45) is 4.53. The first kappa shape index (κ1) is 19.9. The molecule has 0 aliphatic carbocycles. The molecule has 1 aromatic carbocycles. The van der Waals surface area contributed by atoms with Crippen molar-refractivity contribution in [2.75, 3.05) is 37.6 Å². The van der Waals surface area contributed by atoms with Crippen molar-refractivity contribution in [1.29, 1.82) is 0 Å². The van der Waals surface area contributed by atoms with E-state index in [-0.39, 0.29) is 34.4 Å². The van der Waals surface area contributed by atoms with Crippen LogP contribution < -0.4 is 16.8 Å². The van der Waals surface area contributed by atoms with E-state index in [1.807, 2.05) is 0 Å². The van der Waals surface area contributed by atoms with Gasteiger partial charge in [-0.2, -0.15) is 0 Å². The molecule has 3 aliphatic heterocycles. The second-order valence-electron chi connectivity index (χ2n) is 8.34. The molecule has 0 saturated carbocycles. The maximum Gasteiger partial charge on any atom is 0.274 e. The van der Waals surface area contributed by atoms with Crippen LogP contribution in [-0.4, -0.2) is 52.6 Å². The number of amides is 1. The lowest BCUT2D eigenvalue weighted by Gasteiger charge is -2.52. The van der Waals surface area contributed by atoms with Crippen LogP contribution in [0.15, 0.2) is 30.3 Å². The molecule has 3 fully saturated rings. The van der Waals surface area contributed by atoms with Gasteiger partial charge in [-0.25, -0.2) is 9.97 Å². The van der Waals surface area contributed by atoms with Gasteiger partial charge in [0.1, 0.15) is 0 Å². The monoisotopic (exact) mass is 415 g/mol. The Balaban J connectivity index is 1.39. The van der Waals surface area contributed by atoms with Crippen LogP contribution in [0.1, 0.15) is 35.3 Å². The number of nitrogens with one attached hydrogen (secondary N) is 1. The predicted molar refractivity (Wildman–Crippen MR) is 114 cm³/mol. The SMILES string of the molecule is Nc1nc(N)c(C(=O)NC2C[N+]3(CCCc4ccccc4)CCC2CC3)nc1Cl. The fraction of sp³-hybridized carbons (Fsp3) is 0.476. The molecule has 7 nitrogen and oxygen atoms in total. The van der Waals surface area contributed by atoms with Gasteiger partial charge in [0.15, 0.2) is 22.5 Å². The van der Waals surface area contributed by atoms with E-state index in [4.69, 9.17) is 23.1 Å². The number of nitrogen functional groups attached to an aromatic ring is 2. The van der Waals surface area contributed by atoms with Gasteiger partial charge in [0.05, 0.1) is 32.2 Å². The first-order valence-electron chi connectivity index (χ1n) is 10.2. The molecule has 2 aromatic rings. The average Bonchev–Trinajstić information content (AvgIpc) is 2.72. The Bertz CT molecular complexity index is 882. The van der Waals surface area contributed by atoms with E-state index < -0.39 is 0 Å². The number of carbonyl (C=O) groups is 1. The molecule has 4 heterocycles. The highest BCUT2D eigenvalue weighted by Gasteiger charge is 2.46. The van der Waals surface area contributed by atoms with Gasteiger partial charge in [-0.1, -0.05) is 41.9 Å². The molecule has 0 spiro atoms. The highest BCUT2D eigenvalue weighted by Crippen LogP contribution is 2.34. The minimum absolute atomic E-state index is 0.00248. The van der Waals surface area contributed by atoms with E-state index in [2.05, 4.69) is 45.6 Å². The number of halogens is 1. The Kier molecular flexibility index (Phi) is 5.61. The van der Waals surface area contributed by atoms with Crippen LogP contribution in [0.25, 0.3) is 0 Å². The number of anilines is 2. The fourth-order valence-corrected chi connectivity index (χ4v) is 5.00. The topological polar surface area (TPSA) is 107 Å². The summed E-state index contributed by atoms with van der Waals surface area (Å²) in [6.45, 7) is 4.49. The van der Waals surface area contributed by atoms with Gasteiger partial charge in [-0.05, 0) is 17.9 Å². The van der Waals surface area contributed by atoms with Gasteiger partial charge in [0.25, 0.3) is 5.91 Å². The second kappa shape index (κ2) is 8.16. The van der Waals surface area contributed by atoms with E-state index in [1.165, 1.54) is 18.7 Å². The number of quaternary nitrogens is 1. The Hall–Kier alpha value is -2.38. The van der Waals surface area contributed by atoms with Crippen LogP contribution in [0.4, 0.5) is 11.6 Å². The molecule has 1 unspecified atom stereocenters. The summed E-state index contributed by atoms with van der Waals surface area (Å²) in [5, 5.41) is 3.15. The van der Waals surface area contributed by atoms with Crippen molar-refractivity contribution in [3.63, 3.8) is 0 Å². The van der Waals surface area contributed by atoms with Crippen molar-refractivity contribution in [3.05, 3.63) is 46.7 Å². The largest absolute Gasteiger partial charge is 0.382 e. The summed E-state index contributed by atoms with van der Waals surface area (Å²) in [5.74, 6) is 0.230. The second-order valence-corrected chi connectivity index (χ2v) is 8.69. The Morgan fingerprint density at radius 1 is 1.14 bits per heavy atom. The van der Waals surface area contributed by atoms with Crippen LogP contribution in [0.2, 0.25) is 5.15 Å². The molecule has 1 aromatic heterocycles. The third-order valence-electron chi connectivity index (χ3n) is 6.48. The molecular formula is C21H28ClN6O+. The van der Waals surface area contributed by atoms with Crippen molar-refractivity contribution in [1.82, 2.24) is 15.3 Å².